The largest absolute Gasteiger partial charge is 0.480 e. The van der Waals surface area contributed by atoms with Crippen LogP contribution in [0.15, 0.2) is 53.5 Å². The van der Waals surface area contributed by atoms with Gasteiger partial charge in [-0.15, -0.1) is 0 Å². The Labute approximate surface area is 197 Å². The number of alkyl carbamates (subject to hydrolysis) is 1. The highest BCUT2D eigenvalue weighted by Crippen LogP contribution is 2.44. The van der Waals surface area contributed by atoms with Crippen molar-refractivity contribution in [2.45, 2.75) is 31.2 Å². The van der Waals surface area contributed by atoms with Gasteiger partial charge in [-0.05, 0) is 41.5 Å². The topological polar surface area (TPSA) is 169 Å². The van der Waals surface area contributed by atoms with Gasteiger partial charge in [-0.1, -0.05) is 48.5 Å². The maximum absolute atomic E-state index is 12.6. The van der Waals surface area contributed by atoms with Gasteiger partial charge in [0.25, 0.3) is 0 Å². The summed E-state index contributed by atoms with van der Waals surface area (Å²) < 4.78 is 5.50. The third-order valence-electron chi connectivity index (χ3n) is 5.56. The Morgan fingerprint density at radius 3 is 2.21 bits per heavy atom. The van der Waals surface area contributed by atoms with Crippen LogP contribution in [0.5, 0.6) is 0 Å². The number of nitrogens with zero attached hydrogens (tertiary/aromatic N) is 1. The van der Waals surface area contributed by atoms with Crippen LogP contribution in [0.3, 0.4) is 0 Å². The van der Waals surface area contributed by atoms with Crippen molar-refractivity contribution in [2.24, 2.45) is 16.5 Å². The zero-order chi connectivity index (χ0) is 24.5. The first-order valence-electron chi connectivity index (χ1n) is 11.0. The number of hydrogen-bond acceptors (Lipinski definition) is 5. The molecule has 2 amide bonds. The minimum Gasteiger partial charge on any atom is -0.480 e. The third kappa shape index (κ3) is 6.47. The molecule has 1 aliphatic rings. The predicted molar refractivity (Wildman–Crippen MR) is 127 cm³/mol. The fourth-order valence-corrected chi connectivity index (χ4v) is 4.01. The Bertz CT molecular complexity index is 1020. The van der Waals surface area contributed by atoms with E-state index < -0.39 is 30.6 Å². The first-order valence-corrected chi connectivity index (χ1v) is 11.0. The molecule has 0 bridgehead atoms. The highest BCUT2D eigenvalue weighted by atomic mass is 16.5. The molecule has 2 aromatic rings. The summed E-state index contributed by atoms with van der Waals surface area (Å²) in [6.07, 6.45) is 0.648. The van der Waals surface area contributed by atoms with E-state index in [-0.39, 0.29) is 24.9 Å². The monoisotopic (exact) mass is 467 g/mol. The molecule has 0 unspecified atom stereocenters. The number of aliphatic imine (C=N–C) groups is 1. The molecule has 0 heterocycles. The van der Waals surface area contributed by atoms with Crippen molar-refractivity contribution in [2.75, 3.05) is 19.7 Å². The fourth-order valence-electron chi connectivity index (χ4n) is 4.01. The van der Waals surface area contributed by atoms with E-state index in [1.54, 1.807) is 0 Å². The molecule has 0 saturated heterocycles. The van der Waals surface area contributed by atoms with Crippen molar-refractivity contribution in [1.82, 2.24) is 10.6 Å². The van der Waals surface area contributed by atoms with Crippen molar-refractivity contribution in [3.05, 3.63) is 59.7 Å². The van der Waals surface area contributed by atoms with Crippen molar-refractivity contribution >= 4 is 23.9 Å². The predicted octanol–water partition coefficient (Wildman–Crippen LogP) is 1.54. The summed E-state index contributed by atoms with van der Waals surface area (Å²) in [4.78, 5) is 39.7. The number of carboxylic acid groups (broad SMARTS) is 1. The lowest BCUT2D eigenvalue weighted by atomic mass is 9.98. The molecule has 0 radical (unpaired) electrons. The number of aliphatic carboxylic acids is 1. The summed E-state index contributed by atoms with van der Waals surface area (Å²) in [5.41, 5.74) is 15.0. The molecule has 10 nitrogen and oxygen atoms in total. The van der Waals surface area contributed by atoms with Gasteiger partial charge >= 0.3 is 12.1 Å². The van der Waals surface area contributed by atoms with Crippen molar-refractivity contribution in [1.29, 1.82) is 0 Å². The van der Waals surface area contributed by atoms with Crippen LogP contribution in [0, 0.1) is 0 Å². The second-order valence-electron chi connectivity index (χ2n) is 7.94. The van der Waals surface area contributed by atoms with E-state index in [9.17, 15) is 14.4 Å². The van der Waals surface area contributed by atoms with Gasteiger partial charge in [0.15, 0.2) is 5.96 Å². The number of ether oxygens (including phenoxy) is 1. The molecule has 1 atom stereocenters. The molecule has 0 aliphatic heterocycles. The lowest BCUT2D eigenvalue weighted by Gasteiger charge is -2.19. The van der Waals surface area contributed by atoms with Crippen molar-refractivity contribution < 1.29 is 24.2 Å². The number of benzene rings is 2. The van der Waals surface area contributed by atoms with Crippen LogP contribution < -0.4 is 22.1 Å². The number of guanidine groups is 1. The normalized spacial score (nSPS) is 12.7. The minimum atomic E-state index is -1.18. The maximum Gasteiger partial charge on any atom is 0.407 e. The van der Waals surface area contributed by atoms with Crippen LogP contribution in [0.4, 0.5) is 4.79 Å². The van der Waals surface area contributed by atoms with E-state index in [1.807, 2.05) is 48.5 Å². The van der Waals surface area contributed by atoms with Crippen LogP contribution in [0.25, 0.3) is 11.1 Å². The Balaban J connectivity index is 1.60. The number of rotatable bonds is 11. The van der Waals surface area contributed by atoms with Gasteiger partial charge in [0.1, 0.15) is 19.2 Å². The Hall–Kier alpha value is -4.08. The summed E-state index contributed by atoms with van der Waals surface area (Å²) in [7, 11) is 0. The second-order valence-corrected chi connectivity index (χ2v) is 7.94. The number of nitrogens with one attached hydrogen (secondary N) is 2. The van der Waals surface area contributed by atoms with Crippen LogP contribution >= 0.6 is 0 Å². The summed E-state index contributed by atoms with van der Waals surface area (Å²) in [5, 5.41) is 13.7. The Morgan fingerprint density at radius 1 is 1.00 bits per heavy atom. The van der Waals surface area contributed by atoms with Gasteiger partial charge < -0.3 is 31.9 Å². The minimum absolute atomic E-state index is 0.0208. The number of carbonyl (C=O) groups excluding carboxylic acids is 2. The lowest BCUT2D eigenvalue weighted by molar-refractivity contribution is -0.138. The molecule has 10 heteroatoms. The number of fused-ring (bicyclic) bond motifs is 3. The average molecular weight is 468 g/mol. The third-order valence-corrected chi connectivity index (χ3v) is 5.56. The van der Waals surface area contributed by atoms with Crippen molar-refractivity contribution in [3.63, 3.8) is 0 Å². The molecule has 34 heavy (non-hydrogen) atoms. The standard InChI is InChI=1S/C24H29N5O5/c25-23(26)27-12-6-5-11-20(22(32)28-13-21(30)31)29-24(33)34-14-19-17-9-3-1-7-15(17)16-8-2-4-10-18(16)19/h1-4,7-10,19-20H,5-6,11-14H2,(H,28,32)(H,29,33)(H,30,31)(H4,25,26,27)/t20-/m1/s1. The fraction of sp³-hybridized carbons (Fsp3) is 0.333. The number of unbranched alkanes of at least 4 members (excludes halogenated alkanes) is 1. The first-order chi connectivity index (χ1) is 16.4. The second kappa shape index (κ2) is 11.7. The molecular weight excluding hydrogens is 438 g/mol. The summed E-state index contributed by atoms with van der Waals surface area (Å²) in [6.45, 7) is -0.0553. The van der Waals surface area contributed by atoms with Gasteiger partial charge in [-0.3, -0.25) is 14.6 Å². The van der Waals surface area contributed by atoms with Gasteiger partial charge in [0.05, 0.1) is 0 Å². The molecule has 0 saturated carbocycles. The zero-order valence-corrected chi connectivity index (χ0v) is 18.7. The van der Waals surface area contributed by atoms with E-state index >= 15 is 0 Å². The molecule has 180 valence electrons. The molecule has 7 N–H and O–H groups in total. The number of hydrogen-bond donors (Lipinski definition) is 5. The first kappa shape index (κ1) is 24.6. The molecule has 0 aromatic heterocycles. The van der Waals surface area contributed by atoms with Gasteiger partial charge in [0, 0.05) is 12.5 Å². The van der Waals surface area contributed by atoms with E-state index in [0.29, 0.717) is 19.4 Å². The van der Waals surface area contributed by atoms with Crippen LogP contribution in [-0.2, 0) is 14.3 Å². The SMILES string of the molecule is NC(N)=NCCCC[C@@H](NC(=O)OCC1c2ccccc2-c2ccccc21)C(=O)NCC(=O)O. The molecule has 0 spiro atoms. The molecular formula is C24H29N5O5. The van der Waals surface area contributed by atoms with E-state index in [2.05, 4.69) is 15.6 Å². The van der Waals surface area contributed by atoms with Crippen LogP contribution in [-0.4, -0.2) is 54.8 Å². The quantitative estimate of drug-likeness (QED) is 0.190. The smallest absolute Gasteiger partial charge is 0.407 e. The van der Waals surface area contributed by atoms with Crippen LogP contribution in [0.1, 0.15) is 36.3 Å². The average Bonchev–Trinajstić information content (AvgIpc) is 3.13. The number of amides is 2. The number of carboxylic acids is 1. The molecule has 1 aliphatic carbocycles. The lowest BCUT2D eigenvalue weighted by Crippen LogP contribution is -2.48. The molecule has 2 aromatic carbocycles. The molecule has 0 fully saturated rings. The zero-order valence-electron chi connectivity index (χ0n) is 18.7. The van der Waals surface area contributed by atoms with Gasteiger partial charge in [-0.25, -0.2) is 4.79 Å². The highest BCUT2D eigenvalue weighted by Gasteiger charge is 2.29. The Morgan fingerprint density at radius 2 is 1.62 bits per heavy atom. The highest BCUT2D eigenvalue weighted by molar-refractivity contribution is 5.88. The summed E-state index contributed by atoms with van der Waals surface area (Å²) >= 11 is 0. The van der Waals surface area contributed by atoms with Crippen molar-refractivity contribution in [3.8, 4) is 11.1 Å². The number of carbonyl (C=O) groups is 3. The number of nitrogens with two attached hydrogens (primary N) is 2. The van der Waals surface area contributed by atoms with Gasteiger partial charge in [0.2, 0.25) is 5.91 Å². The Kier molecular flexibility index (Phi) is 8.44. The van der Waals surface area contributed by atoms with Crippen LogP contribution in [0.2, 0.25) is 0 Å². The van der Waals surface area contributed by atoms with E-state index in [4.69, 9.17) is 21.3 Å². The summed E-state index contributed by atoms with van der Waals surface area (Å²) in [5.74, 6) is -1.91. The molecule has 3 rings (SSSR count). The van der Waals surface area contributed by atoms with E-state index in [1.165, 1.54) is 0 Å². The van der Waals surface area contributed by atoms with E-state index in [0.717, 1.165) is 22.3 Å². The summed E-state index contributed by atoms with van der Waals surface area (Å²) in [6, 6.07) is 15.0. The maximum atomic E-state index is 12.6. The van der Waals surface area contributed by atoms with Gasteiger partial charge in [-0.2, -0.15) is 0 Å².